The normalized spacial score (nSPS) is 9.30. The van der Waals surface area contributed by atoms with Gasteiger partial charge in [0.05, 0.1) is 12.6 Å². The summed E-state index contributed by atoms with van der Waals surface area (Å²) in [5.74, 6) is 0. The number of aliphatic imine (C=N–C) groups is 2. The SMILES string of the molecule is CCN=C=NCCCN(C)C.CN(C)c1ccncc1. The predicted molar refractivity (Wildman–Crippen MR) is 87.0 cm³/mol. The van der Waals surface area contributed by atoms with Crippen molar-refractivity contribution < 1.29 is 0 Å². The molecular weight excluding hydrogens is 250 g/mol. The maximum absolute atomic E-state index is 3.99. The second kappa shape index (κ2) is 12.3. The molecule has 0 aliphatic rings. The lowest BCUT2D eigenvalue weighted by Crippen LogP contribution is -2.13. The van der Waals surface area contributed by atoms with Gasteiger partial charge in [0, 0.05) is 38.7 Å². The van der Waals surface area contributed by atoms with Crippen molar-refractivity contribution in [2.45, 2.75) is 13.3 Å². The smallest absolute Gasteiger partial charge is 0.0892 e. The van der Waals surface area contributed by atoms with Gasteiger partial charge in [-0.25, -0.2) is 9.98 Å². The van der Waals surface area contributed by atoms with Crippen molar-refractivity contribution in [1.82, 2.24) is 9.88 Å². The van der Waals surface area contributed by atoms with Crippen LogP contribution in [0.1, 0.15) is 13.3 Å². The number of hydrogen-bond acceptors (Lipinski definition) is 5. The van der Waals surface area contributed by atoms with Gasteiger partial charge >= 0.3 is 0 Å². The molecule has 0 aliphatic heterocycles. The quantitative estimate of drug-likeness (QED) is 0.592. The molecule has 1 rings (SSSR count). The fourth-order valence-corrected chi connectivity index (χ4v) is 1.28. The van der Waals surface area contributed by atoms with E-state index in [-0.39, 0.29) is 0 Å². The Kier molecular flexibility index (Phi) is 11.3. The highest BCUT2D eigenvalue weighted by Crippen LogP contribution is 2.05. The molecule has 20 heavy (non-hydrogen) atoms. The van der Waals surface area contributed by atoms with E-state index in [0.29, 0.717) is 0 Å². The molecular formula is C15H27N5. The lowest BCUT2D eigenvalue weighted by atomic mass is 10.4. The number of pyridine rings is 1. The number of anilines is 1. The van der Waals surface area contributed by atoms with Gasteiger partial charge in [-0.2, -0.15) is 0 Å². The van der Waals surface area contributed by atoms with Crippen LogP contribution in [-0.2, 0) is 0 Å². The van der Waals surface area contributed by atoms with Gasteiger partial charge < -0.3 is 9.80 Å². The summed E-state index contributed by atoms with van der Waals surface area (Å²) in [7, 11) is 8.14. The standard InChI is InChI=1S/C8H17N3.C7H10N2/c1-4-9-8-10-6-5-7-11(2)3;1-9(2)7-3-5-8-6-4-7/h4-7H2,1-3H3;3-6H,1-2H3. The molecule has 0 aliphatic carbocycles. The van der Waals surface area contributed by atoms with E-state index in [4.69, 9.17) is 0 Å². The summed E-state index contributed by atoms with van der Waals surface area (Å²) >= 11 is 0. The molecule has 1 heterocycles. The molecule has 5 nitrogen and oxygen atoms in total. The first kappa shape index (κ1) is 18.3. The zero-order valence-electron chi connectivity index (χ0n) is 13.4. The molecule has 0 N–H and O–H groups in total. The van der Waals surface area contributed by atoms with E-state index in [1.54, 1.807) is 12.4 Å². The summed E-state index contributed by atoms with van der Waals surface area (Å²) in [6.07, 6.45) is 4.66. The molecule has 0 atom stereocenters. The fraction of sp³-hybridized carbons (Fsp3) is 0.600. The lowest BCUT2D eigenvalue weighted by Gasteiger charge is -2.10. The topological polar surface area (TPSA) is 44.1 Å². The predicted octanol–water partition coefficient (Wildman–Crippen LogP) is 2.28. The third kappa shape index (κ3) is 11.4. The van der Waals surface area contributed by atoms with Crippen LogP contribution in [-0.4, -0.2) is 63.7 Å². The first-order valence-corrected chi connectivity index (χ1v) is 6.88. The second-order valence-corrected chi connectivity index (χ2v) is 4.71. The summed E-state index contributed by atoms with van der Waals surface area (Å²) in [4.78, 5) is 15.9. The molecule has 0 radical (unpaired) electrons. The van der Waals surface area contributed by atoms with E-state index in [9.17, 15) is 0 Å². The second-order valence-electron chi connectivity index (χ2n) is 4.71. The molecule has 0 amide bonds. The monoisotopic (exact) mass is 277 g/mol. The molecule has 112 valence electrons. The molecule has 5 heteroatoms. The van der Waals surface area contributed by atoms with Crippen LogP contribution in [0.2, 0.25) is 0 Å². The molecule has 0 aromatic carbocycles. The maximum atomic E-state index is 3.99. The molecule has 0 bridgehead atoms. The zero-order chi connectivity index (χ0) is 15.2. The van der Waals surface area contributed by atoms with Gasteiger partial charge in [0.25, 0.3) is 0 Å². The summed E-state index contributed by atoms with van der Waals surface area (Å²) in [5.41, 5.74) is 1.19. The van der Waals surface area contributed by atoms with Gasteiger partial charge in [0.2, 0.25) is 0 Å². The summed E-state index contributed by atoms with van der Waals surface area (Å²) < 4.78 is 0. The maximum Gasteiger partial charge on any atom is 0.0892 e. The fourth-order valence-electron chi connectivity index (χ4n) is 1.28. The Labute approximate surface area is 123 Å². The highest BCUT2D eigenvalue weighted by Gasteiger charge is 1.88. The summed E-state index contributed by atoms with van der Waals surface area (Å²) in [5, 5.41) is 0. The highest BCUT2D eigenvalue weighted by molar-refractivity contribution is 5.42. The number of rotatable bonds is 6. The van der Waals surface area contributed by atoms with Gasteiger partial charge in [-0.3, -0.25) is 4.98 Å². The Bertz CT molecular complexity index is 381. The van der Waals surface area contributed by atoms with Gasteiger partial charge in [-0.15, -0.1) is 0 Å². The largest absolute Gasteiger partial charge is 0.378 e. The minimum absolute atomic E-state index is 0.775. The third-order valence-corrected chi connectivity index (χ3v) is 2.35. The molecule has 1 aromatic rings. The van der Waals surface area contributed by atoms with Crippen LogP contribution in [0.15, 0.2) is 34.5 Å². The molecule has 0 unspecified atom stereocenters. The zero-order valence-corrected chi connectivity index (χ0v) is 13.4. The Balaban J connectivity index is 0.000000367. The number of hydrogen-bond donors (Lipinski definition) is 0. The van der Waals surface area contributed by atoms with Crippen LogP contribution < -0.4 is 4.90 Å². The van der Waals surface area contributed by atoms with Crippen LogP contribution in [0.3, 0.4) is 0 Å². The average Bonchev–Trinajstić information content (AvgIpc) is 2.44. The van der Waals surface area contributed by atoms with Gasteiger partial charge in [-0.1, -0.05) is 0 Å². The molecule has 0 saturated carbocycles. The Morgan fingerprint density at radius 1 is 1.10 bits per heavy atom. The van der Waals surface area contributed by atoms with E-state index in [1.165, 1.54) is 5.69 Å². The van der Waals surface area contributed by atoms with E-state index >= 15 is 0 Å². The van der Waals surface area contributed by atoms with Crippen LogP contribution in [0.5, 0.6) is 0 Å². The Morgan fingerprint density at radius 3 is 2.20 bits per heavy atom. The van der Waals surface area contributed by atoms with Gasteiger partial charge in [0.15, 0.2) is 0 Å². The van der Waals surface area contributed by atoms with Crippen molar-refractivity contribution in [3.63, 3.8) is 0 Å². The third-order valence-electron chi connectivity index (χ3n) is 2.35. The number of nitrogens with zero attached hydrogens (tertiary/aromatic N) is 5. The van der Waals surface area contributed by atoms with E-state index in [1.807, 2.05) is 38.1 Å². The Morgan fingerprint density at radius 2 is 1.75 bits per heavy atom. The van der Waals surface area contributed by atoms with Crippen molar-refractivity contribution in [3.8, 4) is 0 Å². The van der Waals surface area contributed by atoms with Crippen molar-refractivity contribution in [3.05, 3.63) is 24.5 Å². The van der Waals surface area contributed by atoms with E-state index in [0.717, 1.165) is 26.1 Å². The van der Waals surface area contributed by atoms with Crippen molar-refractivity contribution in [2.75, 3.05) is 52.7 Å². The molecule has 1 aromatic heterocycles. The van der Waals surface area contributed by atoms with Crippen LogP contribution in [0.4, 0.5) is 5.69 Å². The van der Waals surface area contributed by atoms with Crippen molar-refractivity contribution >= 4 is 11.7 Å². The minimum Gasteiger partial charge on any atom is -0.378 e. The summed E-state index contributed by atoms with van der Waals surface area (Å²) in [6.45, 7) is 4.67. The molecule has 0 saturated heterocycles. The van der Waals surface area contributed by atoms with Crippen molar-refractivity contribution in [1.29, 1.82) is 0 Å². The van der Waals surface area contributed by atoms with Crippen LogP contribution >= 0.6 is 0 Å². The van der Waals surface area contributed by atoms with Gasteiger partial charge in [0.1, 0.15) is 0 Å². The van der Waals surface area contributed by atoms with Gasteiger partial charge in [-0.05, 0) is 46.1 Å². The average molecular weight is 277 g/mol. The lowest BCUT2D eigenvalue weighted by molar-refractivity contribution is 0.403. The first-order valence-electron chi connectivity index (χ1n) is 6.88. The molecule has 0 spiro atoms. The molecule has 0 fully saturated rings. The Hall–Kier alpha value is -1.71. The van der Waals surface area contributed by atoms with E-state index in [2.05, 4.69) is 40.0 Å². The highest BCUT2D eigenvalue weighted by atomic mass is 15.1. The minimum atomic E-state index is 0.775. The van der Waals surface area contributed by atoms with Crippen LogP contribution in [0.25, 0.3) is 0 Å². The van der Waals surface area contributed by atoms with E-state index < -0.39 is 0 Å². The van der Waals surface area contributed by atoms with Crippen molar-refractivity contribution in [2.24, 2.45) is 9.98 Å². The number of aromatic nitrogens is 1. The summed E-state index contributed by atoms with van der Waals surface area (Å²) in [6, 6.07) is 6.58. The van der Waals surface area contributed by atoms with Crippen LogP contribution in [0, 0.1) is 0 Å². The first-order chi connectivity index (χ1) is 9.57.